The van der Waals surface area contributed by atoms with E-state index in [1.54, 1.807) is 24.3 Å². The van der Waals surface area contributed by atoms with Crippen LogP contribution in [0, 0.1) is 0 Å². The Labute approximate surface area is 152 Å². The van der Waals surface area contributed by atoms with Crippen LogP contribution in [-0.2, 0) is 4.79 Å². The summed E-state index contributed by atoms with van der Waals surface area (Å²) < 4.78 is 0. The molecular formula is C17H12ClN5OS. The van der Waals surface area contributed by atoms with Crippen LogP contribution in [0.25, 0.3) is 11.0 Å². The van der Waals surface area contributed by atoms with Gasteiger partial charge in [0, 0.05) is 5.02 Å². The zero-order valence-electron chi connectivity index (χ0n) is 12.9. The normalized spacial score (nSPS) is 15.9. The SMILES string of the molecule is O=C1CSC(C(N=Nc2ccc(Cl)cc2)c2nc3ccccc3[nH]2)=N1. The van der Waals surface area contributed by atoms with Crippen molar-refractivity contribution in [2.24, 2.45) is 15.2 Å². The number of para-hydroxylation sites is 2. The average molecular weight is 370 g/mol. The van der Waals surface area contributed by atoms with E-state index < -0.39 is 6.04 Å². The maximum absolute atomic E-state index is 11.5. The van der Waals surface area contributed by atoms with E-state index in [9.17, 15) is 4.79 Å². The van der Waals surface area contributed by atoms with Gasteiger partial charge in [-0.2, -0.15) is 10.2 Å². The van der Waals surface area contributed by atoms with Crippen LogP contribution in [0.2, 0.25) is 5.02 Å². The number of aromatic nitrogens is 2. The molecule has 8 heteroatoms. The number of hydrogen-bond acceptors (Lipinski definition) is 5. The quantitative estimate of drug-likeness (QED) is 0.676. The fraction of sp³-hybridized carbons (Fsp3) is 0.118. The lowest BCUT2D eigenvalue weighted by molar-refractivity contribution is -0.115. The maximum atomic E-state index is 11.5. The Morgan fingerprint density at radius 2 is 1.96 bits per heavy atom. The second kappa shape index (κ2) is 6.78. The molecule has 0 bridgehead atoms. The van der Waals surface area contributed by atoms with E-state index >= 15 is 0 Å². The molecule has 1 amide bonds. The molecule has 0 saturated heterocycles. The van der Waals surface area contributed by atoms with Crippen LogP contribution < -0.4 is 0 Å². The maximum Gasteiger partial charge on any atom is 0.256 e. The lowest BCUT2D eigenvalue weighted by Crippen LogP contribution is -2.06. The number of fused-ring (bicyclic) bond motifs is 1. The fourth-order valence-corrected chi connectivity index (χ4v) is 3.36. The Morgan fingerprint density at radius 1 is 1.16 bits per heavy atom. The van der Waals surface area contributed by atoms with Crippen LogP contribution >= 0.6 is 23.4 Å². The van der Waals surface area contributed by atoms with E-state index in [0.29, 0.717) is 27.3 Å². The molecule has 4 rings (SSSR count). The minimum atomic E-state index is -0.542. The Bertz CT molecular complexity index is 963. The number of rotatable bonds is 4. The lowest BCUT2D eigenvalue weighted by Gasteiger charge is -2.07. The van der Waals surface area contributed by atoms with E-state index in [4.69, 9.17) is 11.6 Å². The number of H-pyrrole nitrogens is 1. The number of amides is 1. The van der Waals surface area contributed by atoms with Gasteiger partial charge in [0.1, 0.15) is 10.9 Å². The van der Waals surface area contributed by atoms with Gasteiger partial charge in [0.25, 0.3) is 5.91 Å². The number of benzene rings is 2. The molecule has 1 aliphatic heterocycles. The molecule has 1 N–H and O–H groups in total. The summed E-state index contributed by atoms with van der Waals surface area (Å²) in [6.07, 6.45) is 0. The first-order valence-corrected chi connectivity index (χ1v) is 8.91. The molecule has 0 aliphatic carbocycles. The number of azo groups is 1. The zero-order valence-corrected chi connectivity index (χ0v) is 14.5. The molecule has 2 heterocycles. The van der Waals surface area contributed by atoms with Crippen molar-refractivity contribution >= 4 is 51.0 Å². The molecule has 0 spiro atoms. The Kier molecular flexibility index (Phi) is 4.33. The molecule has 0 radical (unpaired) electrons. The fourth-order valence-electron chi connectivity index (χ4n) is 2.42. The molecule has 25 heavy (non-hydrogen) atoms. The van der Waals surface area contributed by atoms with Gasteiger partial charge >= 0.3 is 0 Å². The van der Waals surface area contributed by atoms with Gasteiger partial charge in [0.2, 0.25) is 0 Å². The monoisotopic (exact) mass is 369 g/mol. The summed E-state index contributed by atoms with van der Waals surface area (Å²) in [7, 11) is 0. The minimum Gasteiger partial charge on any atom is -0.340 e. The van der Waals surface area contributed by atoms with Gasteiger partial charge in [-0.05, 0) is 36.4 Å². The van der Waals surface area contributed by atoms with E-state index in [-0.39, 0.29) is 5.91 Å². The van der Waals surface area contributed by atoms with Gasteiger partial charge in [-0.1, -0.05) is 35.5 Å². The second-order valence-electron chi connectivity index (χ2n) is 5.37. The molecule has 124 valence electrons. The molecule has 1 aliphatic rings. The summed E-state index contributed by atoms with van der Waals surface area (Å²) in [6.45, 7) is 0. The van der Waals surface area contributed by atoms with Gasteiger partial charge in [-0.15, -0.1) is 0 Å². The number of imidazole rings is 1. The number of hydrogen-bond donors (Lipinski definition) is 1. The smallest absolute Gasteiger partial charge is 0.256 e. The first-order chi connectivity index (χ1) is 12.2. The van der Waals surface area contributed by atoms with E-state index in [0.717, 1.165) is 11.0 Å². The van der Waals surface area contributed by atoms with Gasteiger partial charge in [0.15, 0.2) is 6.04 Å². The minimum absolute atomic E-state index is 0.164. The third-order valence-electron chi connectivity index (χ3n) is 3.59. The second-order valence-corrected chi connectivity index (χ2v) is 6.80. The molecule has 2 aromatic carbocycles. The van der Waals surface area contributed by atoms with Crippen LogP contribution in [0.4, 0.5) is 5.69 Å². The molecule has 1 unspecified atom stereocenters. The van der Waals surface area contributed by atoms with Crippen molar-refractivity contribution in [1.29, 1.82) is 0 Å². The highest BCUT2D eigenvalue weighted by atomic mass is 35.5. The summed E-state index contributed by atoms with van der Waals surface area (Å²) in [5.74, 6) is 0.769. The van der Waals surface area contributed by atoms with Crippen molar-refractivity contribution in [3.05, 3.63) is 59.4 Å². The number of thioether (sulfide) groups is 1. The highest BCUT2D eigenvalue weighted by Gasteiger charge is 2.27. The number of halogens is 1. The highest BCUT2D eigenvalue weighted by molar-refractivity contribution is 8.15. The van der Waals surface area contributed by atoms with Crippen LogP contribution in [-0.4, -0.2) is 26.7 Å². The van der Waals surface area contributed by atoms with Gasteiger partial charge < -0.3 is 4.98 Å². The number of carbonyl (C=O) groups excluding carboxylic acids is 1. The Morgan fingerprint density at radius 3 is 2.68 bits per heavy atom. The van der Waals surface area contributed by atoms with Crippen molar-refractivity contribution in [1.82, 2.24) is 9.97 Å². The first-order valence-electron chi connectivity index (χ1n) is 7.54. The summed E-state index contributed by atoms with van der Waals surface area (Å²) >= 11 is 7.25. The molecule has 1 aromatic heterocycles. The van der Waals surface area contributed by atoms with E-state index in [1.165, 1.54) is 11.8 Å². The Balaban J connectivity index is 1.72. The number of carbonyl (C=O) groups is 1. The first kappa shape index (κ1) is 16.0. The van der Waals surface area contributed by atoms with E-state index in [1.807, 2.05) is 24.3 Å². The predicted octanol–water partition coefficient (Wildman–Crippen LogP) is 4.71. The third-order valence-corrected chi connectivity index (χ3v) is 4.85. The average Bonchev–Trinajstić information content (AvgIpc) is 3.23. The number of aromatic amines is 1. The standard InChI is InChI=1S/C17H12ClN5OS/c18-10-5-7-11(8-6-10)22-23-15(17-21-14(24)9-25-17)16-19-12-3-1-2-4-13(12)20-16/h1-8,15H,9H2,(H,19,20). The summed E-state index contributed by atoms with van der Waals surface area (Å²) in [5, 5.41) is 9.89. The van der Waals surface area contributed by atoms with Crippen LogP contribution in [0.1, 0.15) is 11.9 Å². The van der Waals surface area contributed by atoms with Crippen molar-refractivity contribution < 1.29 is 4.79 Å². The van der Waals surface area contributed by atoms with Gasteiger partial charge in [0.05, 0.1) is 22.5 Å². The number of aliphatic imine (C=N–C) groups is 1. The van der Waals surface area contributed by atoms with Crippen molar-refractivity contribution in [2.75, 3.05) is 5.75 Å². The summed E-state index contributed by atoms with van der Waals surface area (Å²) in [6, 6.07) is 14.2. The van der Waals surface area contributed by atoms with Crippen molar-refractivity contribution in [3.8, 4) is 0 Å². The Hall–Kier alpha value is -2.51. The topological polar surface area (TPSA) is 82.8 Å². The molecule has 3 aromatic rings. The number of nitrogens with one attached hydrogen (secondary N) is 1. The van der Waals surface area contributed by atoms with Crippen LogP contribution in [0.15, 0.2) is 63.8 Å². The van der Waals surface area contributed by atoms with Crippen molar-refractivity contribution in [3.63, 3.8) is 0 Å². The molecule has 1 atom stereocenters. The third kappa shape index (κ3) is 3.47. The van der Waals surface area contributed by atoms with E-state index in [2.05, 4.69) is 25.2 Å². The van der Waals surface area contributed by atoms with Crippen molar-refractivity contribution in [2.45, 2.75) is 6.04 Å². The molecule has 0 fully saturated rings. The predicted molar refractivity (Wildman–Crippen MR) is 99.7 cm³/mol. The molecular weight excluding hydrogens is 358 g/mol. The molecule has 6 nitrogen and oxygen atoms in total. The van der Waals surface area contributed by atoms with Crippen LogP contribution in [0.3, 0.4) is 0 Å². The molecule has 0 saturated carbocycles. The summed E-state index contributed by atoms with van der Waals surface area (Å²) in [5.41, 5.74) is 2.40. The lowest BCUT2D eigenvalue weighted by atomic mass is 10.3. The highest BCUT2D eigenvalue weighted by Crippen LogP contribution is 2.30. The van der Waals surface area contributed by atoms with Gasteiger partial charge in [-0.3, -0.25) is 4.79 Å². The summed E-state index contributed by atoms with van der Waals surface area (Å²) in [4.78, 5) is 23.4. The zero-order chi connectivity index (χ0) is 17.2. The largest absolute Gasteiger partial charge is 0.340 e. The van der Waals surface area contributed by atoms with Gasteiger partial charge in [-0.25, -0.2) is 9.98 Å². The number of nitrogens with zero attached hydrogens (tertiary/aromatic N) is 4. The van der Waals surface area contributed by atoms with Crippen LogP contribution in [0.5, 0.6) is 0 Å².